The van der Waals surface area contributed by atoms with Gasteiger partial charge in [-0.2, -0.15) is 0 Å². The first-order valence-electron chi connectivity index (χ1n) is 9.53. The van der Waals surface area contributed by atoms with Gasteiger partial charge in [-0.1, -0.05) is 41.6 Å². The lowest BCUT2D eigenvalue weighted by atomic mass is 9.94. The number of carbonyl (C=O) groups excluding carboxylic acids is 2. The number of rotatable bonds is 4. The smallest absolute Gasteiger partial charge is 0.261 e. The van der Waals surface area contributed by atoms with Gasteiger partial charge in [-0.15, -0.1) is 0 Å². The maximum atomic E-state index is 13.8. The Morgan fingerprint density at radius 1 is 0.903 bits per heavy atom. The van der Waals surface area contributed by atoms with E-state index in [1.165, 1.54) is 6.07 Å². The summed E-state index contributed by atoms with van der Waals surface area (Å²) in [5.41, 5.74) is 1.33. The Labute approximate surface area is 177 Å². The van der Waals surface area contributed by atoms with E-state index in [0.29, 0.717) is 11.3 Å². The summed E-state index contributed by atoms with van der Waals surface area (Å²) in [6.07, 6.45) is 0. The van der Waals surface area contributed by atoms with Gasteiger partial charge in [-0.05, 0) is 55.3 Å². The molecule has 0 bridgehead atoms. The summed E-state index contributed by atoms with van der Waals surface area (Å²) >= 11 is 0. The Morgan fingerprint density at radius 3 is 2.13 bits per heavy atom. The van der Waals surface area contributed by atoms with Gasteiger partial charge < -0.3 is 10.2 Å². The minimum absolute atomic E-state index is 0.192. The molecule has 0 fully saturated rings. The number of nitrogens with one attached hydrogen (secondary N) is 1. The number of nitrogens with zero attached hydrogens (tertiary/aromatic N) is 1. The van der Waals surface area contributed by atoms with Crippen molar-refractivity contribution in [3.63, 3.8) is 0 Å². The molecule has 3 aromatic rings. The number of ketones is 1. The predicted octanol–water partition coefficient (Wildman–Crippen LogP) is 4.97. The van der Waals surface area contributed by atoms with Crippen LogP contribution in [0.25, 0.3) is 11.1 Å². The summed E-state index contributed by atoms with van der Waals surface area (Å²) < 4.78 is 27.6. The Bertz CT molecular complexity index is 1200. The van der Waals surface area contributed by atoms with E-state index in [1.54, 1.807) is 44.2 Å². The molecule has 0 radical (unpaired) electrons. The molecular formula is C24H18F2N2O3. The third kappa shape index (κ3) is 3.94. The van der Waals surface area contributed by atoms with E-state index in [0.717, 1.165) is 23.3 Å². The van der Waals surface area contributed by atoms with Crippen LogP contribution >= 0.6 is 0 Å². The molecule has 0 unspecified atom stereocenters. The van der Waals surface area contributed by atoms with E-state index >= 15 is 0 Å². The zero-order valence-corrected chi connectivity index (χ0v) is 16.8. The number of Topliss-reactive ketones (excluding diaryl/α,β-unsaturated/α-hetero) is 1. The lowest BCUT2D eigenvalue weighted by Gasteiger charge is -2.12. The lowest BCUT2D eigenvalue weighted by Crippen LogP contribution is -2.33. The fraction of sp³-hybridized carbons (Fsp3) is 0.125. The number of benzene rings is 3. The van der Waals surface area contributed by atoms with Gasteiger partial charge in [0.05, 0.1) is 0 Å². The first kappa shape index (κ1) is 20.4. The molecule has 1 aliphatic rings. The van der Waals surface area contributed by atoms with Crippen molar-refractivity contribution in [2.45, 2.75) is 19.4 Å². The van der Waals surface area contributed by atoms with E-state index in [9.17, 15) is 18.4 Å². The van der Waals surface area contributed by atoms with Crippen LogP contribution in [0.3, 0.4) is 0 Å². The van der Waals surface area contributed by atoms with E-state index in [-0.39, 0.29) is 11.5 Å². The van der Waals surface area contributed by atoms with Gasteiger partial charge in [0, 0.05) is 11.3 Å². The van der Waals surface area contributed by atoms with Crippen molar-refractivity contribution in [1.82, 2.24) is 0 Å². The van der Waals surface area contributed by atoms with E-state index in [4.69, 9.17) is 4.84 Å². The van der Waals surface area contributed by atoms with Crippen molar-refractivity contribution in [3.8, 4) is 11.1 Å². The number of anilines is 1. The molecule has 1 aliphatic heterocycles. The summed E-state index contributed by atoms with van der Waals surface area (Å²) in [7, 11) is 0. The van der Waals surface area contributed by atoms with Crippen molar-refractivity contribution in [1.29, 1.82) is 0 Å². The first-order chi connectivity index (χ1) is 14.8. The molecule has 0 spiro atoms. The lowest BCUT2D eigenvalue weighted by molar-refractivity contribution is -0.128. The first-order valence-corrected chi connectivity index (χ1v) is 9.53. The average molecular weight is 420 g/mol. The summed E-state index contributed by atoms with van der Waals surface area (Å²) in [4.78, 5) is 29.9. The van der Waals surface area contributed by atoms with Crippen LogP contribution in [0, 0.1) is 11.6 Å². The zero-order chi connectivity index (χ0) is 22.2. The van der Waals surface area contributed by atoms with Crippen molar-refractivity contribution < 1.29 is 23.2 Å². The predicted molar refractivity (Wildman–Crippen MR) is 113 cm³/mol. The molecule has 1 amide bonds. The Balaban J connectivity index is 1.54. The summed E-state index contributed by atoms with van der Waals surface area (Å²) in [5, 5.41) is 6.41. The summed E-state index contributed by atoms with van der Waals surface area (Å²) in [6.45, 7) is 3.33. The highest BCUT2D eigenvalue weighted by molar-refractivity contribution is 6.49. The van der Waals surface area contributed by atoms with Crippen LogP contribution in [0.5, 0.6) is 0 Å². The Hall–Kier alpha value is -3.87. The number of amides is 1. The molecular weight excluding hydrogens is 402 g/mol. The average Bonchev–Trinajstić information content (AvgIpc) is 3.01. The van der Waals surface area contributed by atoms with Gasteiger partial charge >= 0.3 is 0 Å². The second-order valence-electron chi connectivity index (χ2n) is 7.58. The highest BCUT2D eigenvalue weighted by atomic mass is 19.1. The van der Waals surface area contributed by atoms with Crippen molar-refractivity contribution in [2.75, 3.05) is 5.32 Å². The Kier molecular flexibility index (Phi) is 5.10. The molecule has 0 aromatic heterocycles. The highest BCUT2D eigenvalue weighted by Gasteiger charge is 2.40. The van der Waals surface area contributed by atoms with Gasteiger partial charge in [0.2, 0.25) is 5.78 Å². The van der Waals surface area contributed by atoms with Gasteiger partial charge in [0.25, 0.3) is 5.91 Å². The standard InChI is InChI=1S/C24H18F2N2O3/c1-24(2)22(29)21(28-31-24)16-6-3-5-15(13-16)14-9-11-17(12-10-14)27-23(30)20-18(25)7-4-8-19(20)26/h3-13H,1-2H3,(H,27,30). The Morgan fingerprint density at radius 2 is 1.52 bits per heavy atom. The molecule has 7 heteroatoms. The molecule has 1 N–H and O–H groups in total. The molecule has 5 nitrogen and oxygen atoms in total. The largest absolute Gasteiger partial charge is 0.381 e. The van der Waals surface area contributed by atoms with Crippen molar-refractivity contribution >= 4 is 23.1 Å². The van der Waals surface area contributed by atoms with E-state index in [1.807, 2.05) is 18.2 Å². The number of hydrogen-bond acceptors (Lipinski definition) is 4. The second-order valence-corrected chi connectivity index (χ2v) is 7.58. The second kappa shape index (κ2) is 7.75. The SMILES string of the molecule is CC1(C)ON=C(c2cccc(-c3ccc(NC(=O)c4c(F)cccc4F)cc3)c2)C1=O. The van der Waals surface area contributed by atoms with Crippen LogP contribution in [-0.4, -0.2) is 23.0 Å². The molecule has 156 valence electrons. The van der Waals surface area contributed by atoms with Crippen LogP contribution in [0.1, 0.15) is 29.8 Å². The third-order valence-corrected chi connectivity index (χ3v) is 4.93. The van der Waals surface area contributed by atoms with Gasteiger partial charge in [-0.25, -0.2) is 8.78 Å². The molecule has 0 atom stereocenters. The number of hydrogen-bond donors (Lipinski definition) is 1. The molecule has 3 aromatic carbocycles. The van der Waals surface area contributed by atoms with Crippen molar-refractivity contribution in [3.05, 3.63) is 89.5 Å². The van der Waals surface area contributed by atoms with Crippen LogP contribution in [0.4, 0.5) is 14.5 Å². The van der Waals surface area contributed by atoms with E-state index in [2.05, 4.69) is 10.5 Å². The van der Waals surface area contributed by atoms with Crippen LogP contribution in [0.2, 0.25) is 0 Å². The van der Waals surface area contributed by atoms with Crippen LogP contribution < -0.4 is 5.32 Å². The topological polar surface area (TPSA) is 67.8 Å². The maximum Gasteiger partial charge on any atom is 0.261 e. The minimum atomic E-state index is -0.983. The molecule has 1 heterocycles. The quantitative estimate of drug-likeness (QED) is 0.648. The van der Waals surface area contributed by atoms with Gasteiger partial charge in [0.1, 0.15) is 17.2 Å². The fourth-order valence-electron chi connectivity index (χ4n) is 3.21. The van der Waals surface area contributed by atoms with Crippen LogP contribution in [-0.2, 0) is 9.63 Å². The fourth-order valence-corrected chi connectivity index (χ4v) is 3.21. The van der Waals surface area contributed by atoms with Crippen LogP contribution in [0.15, 0.2) is 71.9 Å². The number of carbonyl (C=O) groups is 2. The van der Waals surface area contributed by atoms with E-state index < -0.39 is 28.7 Å². The summed E-state index contributed by atoms with van der Waals surface area (Å²) in [5.74, 6) is -2.92. The number of halogens is 2. The molecule has 0 aliphatic carbocycles. The minimum Gasteiger partial charge on any atom is -0.381 e. The summed E-state index contributed by atoms with van der Waals surface area (Å²) in [6, 6.07) is 17.3. The monoisotopic (exact) mass is 420 g/mol. The maximum absolute atomic E-state index is 13.8. The van der Waals surface area contributed by atoms with Crippen molar-refractivity contribution in [2.24, 2.45) is 5.16 Å². The molecule has 0 saturated heterocycles. The third-order valence-electron chi connectivity index (χ3n) is 4.93. The van der Waals surface area contributed by atoms with Gasteiger partial charge in [-0.3, -0.25) is 9.59 Å². The molecule has 31 heavy (non-hydrogen) atoms. The van der Waals surface area contributed by atoms with Gasteiger partial charge in [0.15, 0.2) is 11.3 Å². The molecule has 0 saturated carbocycles. The normalized spacial score (nSPS) is 14.7. The molecule has 4 rings (SSSR count). The zero-order valence-electron chi connectivity index (χ0n) is 16.8. The highest BCUT2D eigenvalue weighted by Crippen LogP contribution is 2.27. The number of oxime groups is 1.